The number of carbonyl (C=O) groups is 2. The number of hydrogen-bond donors (Lipinski definition) is 2. The van der Waals surface area contributed by atoms with Crippen LogP contribution in [0.25, 0.3) is 21.8 Å². The molecule has 8 nitrogen and oxygen atoms in total. The summed E-state index contributed by atoms with van der Waals surface area (Å²) in [7, 11) is 0. The first kappa shape index (κ1) is 29.1. The second-order valence-corrected chi connectivity index (χ2v) is 10.4. The highest BCUT2D eigenvalue weighted by atomic mass is 16.7. The predicted octanol–water partition coefficient (Wildman–Crippen LogP) is 4.69. The maximum atomic E-state index is 13.4. The van der Waals surface area contributed by atoms with Gasteiger partial charge in [0.1, 0.15) is 5.54 Å². The second kappa shape index (κ2) is 12.1. The van der Waals surface area contributed by atoms with Crippen molar-refractivity contribution in [3.63, 3.8) is 0 Å². The van der Waals surface area contributed by atoms with Crippen LogP contribution in [-0.2, 0) is 16.2 Å². The van der Waals surface area contributed by atoms with Crippen molar-refractivity contribution in [3.8, 4) is 0 Å². The Hall–Kier alpha value is -3.85. The van der Waals surface area contributed by atoms with Crippen LogP contribution in [0.1, 0.15) is 54.7 Å². The number of aliphatic hydroxyl groups is 2. The number of rotatable bonds is 11. The van der Waals surface area contributed by atoms with E-state index in [2.05, 4.69) is 16.6 Å². The monoisotopic (exact) mass is 543 g/mol. The normalized spacial score (nSPS) is 12.4. The molecule has 4 aromatic rings. The number of hydrogen-bond acceptors (Lipinski definition) is 7. The van der Waals surface area contributed by atoms with E-state index in [1.807, 2.05) is 67.6 Å². The molecule has 4 rings (SSSR count). The molecule has 0 saturated heterocycles. The van der Waals surface area contributed by atoms with E-state index in [0.29, 0.717) is 16.8 Å². The fraction of sp³-hybridized carbons (Fsp3) is 0.344. The van der Waals surface area contributed by atoms with E-state index in [4.69, 9.17) is 4.84 Å². The highest BCUT2D eigenvalue weighted by Gasteiger charge is 2.36. The summed E-state index contributed by atoms with van der Waals surface area (Å²) in [6.45, 7) is 10.0. The topological polar surface area (TPSA) is 104 Å². The third-order valence-electron chi connectivity index (χ3n) is 7.55. The van der Waals surface area contributed by atoms with E-state index in [9.17, 15) is 19.8 Å². The zero-order chi connectivity index (χ0) is 29.0. The number of aryl methyl sites for hydroxylation is 2. The summed E-state index contributed by atoms with van der Waals surface area (Å²) >= 11 is 0. The molecule has 40 heavy (non-hydrogen) atoms. The molecule has 0 spiro atoms. The summed E-state index contributed by atoms with van der Waals surface area (Å²) in [4.78, 5) is 33.2. The fourth-order valence-corrected chi connectivity index (χ4v) is 5.11. The quantitative estimate of drug-likeness (QED) is 0.123. The van der Waals surface area contributed by atoms with E-state index in [1.54, 1.807) is 25.7 Å². The summed E-state index contributed by atoms with van der Waals surface area (Å²) in [5.74, 6) is -0.603. The number of β-amino-alcohol motifs (C(OH)–C–C–N with tert-alkyl or cyclic N) is 2. The van der Waals surface area contributed by atoms with Gasteiger partial charge in [-0.25, -0.2) is 4.79 Å². The molecule has 0 bridgehead atoms. The van der Waals surface area contributed by atoms with Crippen molar-refractivity contribution in [2.75, 3.05) is 26.3 Å². The van der Waals surface area contributed by atoms with Crippen LogP contribution in [0.4, 0.5) is 0 Å². The van der Waals surface area contributed by atoms with Crippen LogP contribution in [0.3, 0.4) is 0 Å². The van der Waals surface area contributed by atoms with Crippen LogP contribution in [0.15, 0.2) is 65.8 Å². The van der Waals surface area contributed by atoms with Crippen molar-refractivity contribution in [3.05, 3.63) is 82.9 Å². The fourth-order valence-electron chi connectivity index (χ4n) is 5.11. The molecule has 0 saturated carbocycles. The molecule has 0 unspecified atom stereocenters. The standard InChI is InChI=1S/C32H37N3O5/c1-6-35-28-13-11-23(22(3)33-40-31(39)32(4,5)34(15-17-36)16-18-37)19-26(28)27-20-24(12-14-29(27)35)30(38)25-10-8-7-9-21(25)2/h7-14,19-20,36-37H,6,15-18H2,1-5H3. The Bertz CT molecular complexity index is 1580. The first-order valence-electron chi connectivity index (χ1n) is 13.5. The Morgan fingerprint density at radius 3 is 2.08 bits per heavy atom. The highest BCUT2D eigenvalue weighted by molar-refractivity contribution is 6.16. The molecule has 1 aromatic heterocycles. The van der Waals surface area contributed by atoms with Crippen LogP contribution >= 0.6 is 0 Å². The van der Waals surface area contributed by atoms with Gasteiger partial charge in [-0.1, -0.05) is 35.5 Å². The predicted molar refractivity (Wildman–Crippen MR) is 158 cm³/mol. The maximum absolute atomic E-state index is 13.4. The summed E-state index contributed by atoms with van der Waals surface area (Å²) in [6.07, 6.45) is 0. The van der Waals surface area contributed by atoms with Gasteiger partial charge in [-0.15, -0.1) is 0 Å². The minimum atomic E-state index is -1.09. The lowest BCUT2D eigenvalue weighted by Gasteiger charge is -2.34. The van der Waals surface area contributed by atoms with Gasteiger partial charge < -0.3 is 19.6 Å². The Morgan fingerprint density at radius 2 is 1.50 bits per heavy atom. The molecule has 0 aliphatic rings. The Kier molecular flexibility index (Phi) is 8.83. The molecule has 0 aliphatic carbocycles. The van der Waals surface area contributed by atoms with Gasteiger partial charge in [-0.05, 0) is 76.1 Å². The van der Waals surface area contributed by atoms with Crippen molar-refractivity contribution in [2.45, 2.75) is 46.7 Å². The van der Waals surface area contributed by atoms with Crippen LogP contribution < -0.4 is 0 Å². The van der Waals surface area contributed by atoms with E-state index in [1.165, 1.54) is 0 Å². The number of benzene rings is 3. The van der Waals surface area contributed by atoms with E-state index in [-0.39, 0.29) is 32.1 Å². The van der Waals surface area contributed by atoms with Crippen molar-refractivity contribution in [2.24, 2.45) is 5.16 Å². The van der Waals surface area contributed by atoms with Crippen molar-refractivity contribution >= 4 is 39.3 Å². The van der Waals surface area contributed by atoms with Gasteiger partial charge in [0.05, 0.1) is 18.9 Å². The van der Waals surface area contributed by atoms with Gasteiger partial charge in [0.15, 0.2) is 5.78 Å². The molecule has 0 amide bonds. The van der Waals surface area contributed by atoms with Gasteiger partial charge in [0.25, 0.3) is 0 Å². The summed E-state index contributed by atoms with van der Waals surface area (Å²) < 4.78 is 2.21. The third kappa shape index (κ3) is 5.56. The summed E-state index contributed by atoms with van der Waals surface area (Å²) in [5.41, 5.74) is 4.53. The number of aromatic nitrogens is 1. The molecule has 210 valence electrons. The van der Waals surface area contributed by atoms with Crippen LogP contribution in [0.2, 0.25) is 0 Å². The van der Waals surface area contributed by atoms with E-state index < -0.39 is 11.5 Å². The van der Waals surface area contributed by atoms with E-state index in [0.717, 1.165) is 39.5 Å². The number of aliphatic hydroxyl groups excluding tert-OH is 2. The average molecular weight is 544 g/mol. The maximum Gasteiger partial charge on any atom is 0.354 e. The minimum absolute atomic E-state index is 0.0164. The number of oxime groups is 1. The molecule has 0 atom stereocenters. The second-order valence-electron chi connectivity index (χ2n) is 10.4. The lowest BCUT2D eigenvalue weighted by atomic mass is 9.97. The molecule has 1 heterocycles. The largest absolute Gasteiger partial charge is 0.395 e. The van der Waals surface area contributed by atoms with Gasteiger partial charge in [0, 0.05) is 52.6 Å². The Balaban J connectivity index is 1.69. The molecule has 0 fully saturated rings. The first-order valence-corrected chi connectivity index (χ1v) is 13.5. The Morgan fingerprint density at radius 1 is 0.925 bits per heavy atom. The van der Waals surface area contributed by atoms with Crippen LogP contribution in [0, 0.1) is 6.92 Å². The SMILES string of the molecule is CCn1c2ccc(C(=O)c3ccccc3C)cc2c2cc(C(C)=NOC(=O)C(C)(C)N(CCO)CCO)ccc21. The van der Waals surface area contributed by atoms with Crippen molar-refractivity contribution in [1.29, 1.82) is 0 Å². The summed E-state index contributed by atoms with van der Waals surface area (Å²) in [6, 6.07) is 19.4. The smallest absolute Gasteiger partial charge is 0.354 e. The molecule has 0 radical (unpaired) electrons. The lowest BCUT2D eigenvalue weighted by molar-refractivity contribution is -0.157. The lowest BCUT2D eigenvalue weighted by Crippen LogP contribution is -2.52. The number of fused-ring (bicyclic) bond motifs is 3. The third-order valence-corrected chi connectivity index (χ3v) is 7.55. The summed E-state index contributed by atoms with van der Waals surface area (Å²) in [5, 5.41) is 24.8. The molecular formula is C32H37N3O5. The van der Waals surface area contributed by atoms with Gasteiger partial charge in [-0.3, -0.25) is 9.69 Å². The average Bonchev–Trinajstić information content (AvgIpc) is 3.27. The number of ketones is 1. The van der Waals surface area contributed by atoms with E-state index >= 15 is 0 Å². The molecule has 0 aliphatic heterocycles. The van der Waals surface area contributed by atoms with Crippen LogP contribution in [0.5, 0.6) is 0 Å². The first-order chi connectivity index (χ1) is 19.1. The zero-order valence-electron chi connectivity index (χ0n) is 23.8. The Labute approximate surface area is 234 Å². The van der Waals surface area contributed by atoms with Crippen molar-refractivity contribution < 1.29 is 24.6 Å². The molecular weight excluding hydrogens is 506 g/mol. The minimum Gasteiger partial charge on any atom is -0.395 e. The van der Waals surface area contributed by atoms with Gasteiger partial charge in [0.2, 0.25) is 0 Å². The zero-order valence-corrected chi connectivity index (χ0v) is 23.8. The number of nitrogens with zero attached hydrogens (tertiary/aromatic N) is 3. The molecule has 8 heteroatoms. The number of carbonyl (C=O) groups excluding carboxylic acids is 2. The van der Waals surface area contributed by atoms with Crippen molar-refractivity contribution in [1.82, 2.24) is 9.47 Å². The van der Waals surface area contributed by atoms with Gasteiger partial charge in [-0.2, -0.15) is 0 Å². The molecule has 2 N–H and O–H groups in total. The molecule has 3 aromatic carbocycles. The van der Waals surface area contributed by atoms with Gasteiger partial charge >= 0.3 is 5.97 Å². The van der Waals surface area contributed by atoms with Crippen LogP contribution in [-0.4, -0.2) is 69.0 Å². The highest BCUT2D eigenvalue weighted by Crippen LogP contribution is 2.32.